The second-order valence-corrected chi connectivity index (χ2v) is 6.58. The van der Waals surface area contributed by atoms with Gasteiger partial charge in [-0.25, -0.2) is 0 Å². The summed E-state index contributed by atoms with van der Waals surface area (Å²) >= 11 is 0. The third-order valence-corrected chi connectivity index (χ3v) is 4.33. The van der Waals surface area contributed by atoms with Gasteiger partial charge in [0.15, 0.2) is 0 Å². The molecule has 0 aromatic heterocycles. The van der Waals surface area contributed by atoms with E-state index >= 15 is 0 Å². The first kappa shape index (κ1) is 24.2. The van der Waals surface area contributed by atoms with E-state index in [9.17, 15) is 0 Å². The summed E-state index contributed by atoms with van der Waals surface area (Å²) in [5.41, 5.74) is 3.62. The highest BCUT2D eigenvalue weighted by Crippen LogP contribution is 2.33. The van der Waals surface area contributed by atoms with Crippen LogP contribution in [0.4, 0.5) is 0 Å². The van der Waals surface area contributed by atoms with Crippen LogP contribution < -0.4 is 5.22 Å². The summed E-state index contributed by atoms with van der Waals surface area (Å²) in [6.07, 6.45) is 13.6. The molecule has 3 aromatic carbocycles. The molecule has 0 aliphatic heterocycles. The Morgan fingerprint density at radius 2 is 1.55 bits per heavy atom. The predicted octanol–water partition coefficient (Wildman–Crippen LogP) is 8.74. The highest BCUT2D eigenvalue weighted by molar-refractivity contribution is 6.16. The average molecular weight is 385 g/mol. The zero-order chi connectivity index (χ0) is 21.8. The maximum atomic E-state index is 4.26. The molecule has 0 atom stereocenters. The second kappa shape index (κ2) is 12.6. The lowest BCUT2D eigenvalue weighted by molar-refractivity contribution is 1.09. The summed E-state index contributed by atoms with van der Waals surface area (Å²) < 4.78 is 0. The Hall–Kier alpha value is -2.86. The van der Waals surface area contributed by atoms with Crippen molar-refractivity contribution in [2.45, 2.75) is 48.0 Å². The summed E-state index contributed by atoms with van der Waals surface area (Å²) in [5, 5.41) is 6.10. The van der Waals surface area contributed by atoms with Crippen LogP contribution in [0, 0.1) is 0 Å². The van der Waals surface area contributed by atoms with Gasteiger partial charge in [0.1, 0.15) is 0 Å². The van der Waals surface area contributed by atoms with Crippen molar-refractivity contribution < 1.29 is 0 Å². The van der Waals surface area contributed by atoms with Crippen LogP contribution in [0.5, 0.6) is 0 Å². The summed E-state index contributed by atoms with van der Waals surface area (Å²) in [7, 11) is 0. The molecular weight excluding hydrogens is 348 g/mol. The van der Waals surface area contributed by atoms with Crippen LogP contribution in [0.15, 0.2) is 73.4 Å². The normalized spacial score (nSPS) is 11.4. The van der Waals surface area contributed by atoms with Crippen LogP contribution in [0.1, 0.15) is 59.1 Å². The minimum absolute atomic E-state index is 1.07. The fourth-order valence-electron chi connectivity index (χ4n) is 3.36. The monoisotopic (exact) mass is 384 g/mol. The van der Waals surface area contributed by atoms with Crippen LogP contribution in [0.25, 0.3) is 39.8 Å². The Morgan fingerprint density at radius 1 is 0.897 bits per heavy atom. The average Bonchev–Trinajstić information content (AvgIpc) is 2.73. The number of hydrogen-bond donors (Lipinski definition) is 0. The molecule has 0 heterocycles. The standard InChI is InChI=1S/C24H22.C3H8.C2H6/c1-5-8-18(9-6-2)21-15-13-20-12-11-17(4)23-19(10-7-3)14-16-22(21)24(20)23;1-3-2;1-2/h5-16H,1,4H2,2-3H3;3H2,1-2H3;1-2H3/b9-6-,10-7-,18-8+;;. The smallest absolute Gasteiger partial charge is 0.00208 e. The van der Waals surface area contributed by atoms with E-state index in [4.69, 9.17) is 0 Å². The molecule has 0 aliphatic carbocycles. The number of benzene rings is 3. The molecule has 0 heteroatoms. The van der Waals surface area contributed by atoms with E-state index in [0.717, 1.165) is 5.22 Å². The largest absolute Gasteiger partial charge is 0.0990 e. The lowest BCUT2D eigenvalue weighted by atomic mass is 9.90. The van der Waals surface area contributed by atoms with Gasteiger partial charge in [-0.3, -0.25) is 0 Å². The van der Waals surface area contributed by atoms with Crippen molar-refractivity contribution in [3.05, 3.63) is 89.7 Å². The molecule has 0 amide bonds. The maximum Gasteiger partial charge on any atom is -0.00208 e. The zero-order valence-electron chi connectivity index (χ0n) is 19.0. The Morgan fingerprint density at radius 3 is 2.14 bits per heavy atom. The van der Waals surface area contributed by atoms with Gasteiger partial charge in [-0.15, -0.1) is 0 Å². The molecule has 0 bridgehead atoms. The van der Waals surface area contributed by atoms with Crippen molar-refractivity contribution in [3.63, 3.8) is 0 Å². The van der Waals surface area contributed by atoms with Crippen LogP contribution >= 0.6 is 0 Å². The minimum atomic E-state index is 1.07. The lowest BCUT2D eigenvalue weighted by Crippen LogP contribution is -2.02. The van der Waals surface area contributed by atoms with Gasteiger partial charge in [0.2, 0.25) is 0 Å². The van der Waals surface area contributed by atoms with E-state index in [2.05, 4.69) is 93.8 Å². The minimum Gasteiger partial charge on any atom is -0.0990 e. The van der Waals surface area contributed by atoms with Crippen molar-refractivity contribution in [2.75, 3.05) is 0 Å². The van der Waals surface area contributed by atoms with Crippen molar-refractivity contribution >= 4 is 39.8 Å². The predicted molar refractivity (Wildman–Crippen MR) is 137 cm³/mol. The number of allylic oxidation sites excluding steroid dienone is 6. The first-order chi connectivity index (χ1) is 14.1. The fourth-order valence-corrected chi connectivity index (χ4v) is 3.36. The van der Waals surface area contributed by atoms with E-state index in [1.807, 2.05) is 33.8 Å². The van der Waals surface area contributed by atoms with Gasteiger partial charge in [0.05, 0.1) is 0 Å². The van der Waals surface area contributed by atoms with Crippen molar-refractivity contribution in [3.8, 4) is 0 Å². The Bertz CT molecular complexity index is 1060. The van der Waals surface area contributed by atoms with Gasteiger partial charge in [0.25, 0.3) is 0 Å². The molecular formula is C29H36. The molecule has 0 N–H and O–H groups in total. The van der Waals surface area contributed by atoms with Gasteiger partial charge in [-0.05, 0) is 57.3 Å². The zero-order valence-corrected chi connectivity index (χ0v) is 19.0. The van der Waals surface area contributed by atoms with E-state index in [-0.39, 0.29) is 0 Å². The summed E-state index contributed by atoms with van der Waals surface area (Å²) in [5.74, 6) is 0. The summed E-state index contributed by atoms with van der Waals surface area (Å²) in [4.78, 5) is 0. The Balaban J connectivity index is 0.000000771. The maximum absolute atomic E-state index is 4.26. The van der Waals surface area contributed by atoms with Crippen LogP contribution in [-0.2, 0) is 0 Å². The number of hydrogen-bond acceptors (Lipinski definition) is 0. The van der Waals surface area contributed by atoms with E-state index in [1.54, 1.807) is 0 Å². The quantitative estimate of drug-likeness (QED) is 0.394. The third kappa shape index (κ3) is 5.57. The van der Waals surface area contributed by atoms with Crippen molar-refractivity contribution in [1.29, 1.82) is 0 Å². The van der Waals surface area contributed by atoms with E-state index < -0.39 is 0 Å². The molecule has 0 nitrogen and oxygen atoms in total. The molecule has 3 rings (SSSR count). The topological polar surface area (TPSA) is 0 Å². The van der Waals surface area contributed by atoms with Gasteiger partial charge in [-0.2, -0.15) is 0 Å². The van der Waals surface area contributed by atoms with Gasteiger partial charge in [-0.1, -0.05) is 120 Å². The lowest BCUT2D eigenvalue weighted by Gasteiger charge is -2.14. The van der Waals surface area contributed by atoms with Crippen molar-refractivity contribution in [2.24, 2.45) is 0 Å². The summed E-state index contributed by atoms with van der Waals surface area (Å²) in [6, 6.07) is 13.1. The third-order valence-electron chi connectivity index (χ3n) is 4.33. The SMILES string of the molecule is C=C/C=C(\C=C/C)c1ccc2ccc(=C)c3c(/C=C\C)ccc1c23.CC.CCC. The van der Waals surface area contributed by atoms with Crippen LogP contribution in [-0.4, -0.2) is 0 Å². The second-order valence-electron chi connectivity index (χ2n) is 6.58. The molecule has 0 radical (unpaired) electrons. The van der Waals surface area contributed by atoms with Gasteiger partial charge in [0, 0.05) is 0 Å². The first-order valence-corrected chi connectivity index (χ1v) is 10.7. The van der Waals surface area contributed by atoms with E-state index in [1.165, 1.54) is 44.7 Å². The van der Waals surface area contributed by atoms with Gasteiger partial charge < -0.3 is 0 Å². The molecule has 152 valence electrons. The Labute approximate surface area is 177 Å². The molecule has 3 aromatic rings. The first-order valence-electron chi connectivity index (χ1n) is 10.7. The molecule has 0 spiro atoms. The molecule has 0 saturated carbocycles. The molecule has 0 unspecified atom stereocenters. The highest BCUT2D eigenvalue weighted by Gasteiger charge is 2.11. The summed E-state index contributed by atoms with van der Waals surface area (Å²) in [6.45, 7) is 20.5. The van der Waals surface area contributed by atoms with E-state index in [0.29, 0.717) is 0 Å². The number of rotatable bonds is 4. The fraction of sp³-hybridized carbons (Fsp3) is 0.241. The molecule has 29 heavy (non-hydrogen) atoms. The van der Waals surface area contributed by atoms with Crippen LogP contribution in [0.3, 0.4) is 0 Å². The highest BCUT2D eigenvalue weighted by atomic mass is 14.1. The van der Waals surface area contributed by atoms with Gasteiger partial charge >= 0.3 is 0 Å². The Kier molecular flexibility index (Phi) is 10.5. The molecule has 0 saturated heterocycles. The molecule has 0 aliphatic rings. The van der Waals surface area contributed by atoms with Crippen LogP contribution in [0.2, 0.25) is 0 Å². The van der Waals surface area contributed by atoms with Crippen molar-refractivity contribution in [1.82, 2.24) is 0 Å². The molecule has 0 fully saturated rings.